The minimum atomic E-state index is -3.89. The molecule has 2 aliphatic rings. The molecule has 0 radical (unpaired) electrons. The Hall–Kier alpha value is -1.45. The first kappa shape index (κ1) is 18.3. The van der Waals surface area contributed by atoms with Crippen molar-refractivity contribution in [1.29, 1.82) is 0 Å². The molecular weight excluding hydrogens is 344 g/mol. The Morgan fingerprint density at radius 2 is 2.04 bits per heavy atom. The lowest BCUT2D eigenvalue weighted by Gasteiger charge is -2.38. The van der Waals surface area contributed by atoms with E-state index in [0.717, 1.165) is 19.4 Å². The van der Waals surface area contributed by atoms with Crippen molar-refractivity contribution in [2.24, 2.45) is 0 Å². The number of nitrogens with one attached hydrogen (secondary N) is 2. The van der Waals surface area contributed by atoms with Crippen molar-refractivity contribution in [3.63, 3.8) is 0 Å². The quantitative estimate of drug-likeness (QED) is 0.809. The molecule has 8 nitrogen and oxygen atoms in total. The zero-order chi connectivity index (χ0) is 18.2. The molecule has 3 rings (SSSR count). The van der Waals surface area contributed by atoms with Gasteiger partial charge in [-0.2, -0.15) is 4.72 Å². The molecular formula is C16H26N4O4S. The third kappa shape index (κ3) is 3.45. The molecule has 1 saturated heterocycles. The summed E-state index contributed by atoms with van der Waals surface area (Å²) in [4.78, 5) is 15.0. The molecule has 1 amide bonds. The van der Waals surface area contributed by atoms with Gasteiger partial charge in [0.15, 0.2) is 5.76 Å². The highest BCUT2D eigenvalue weighted by atomic mass is 32.2. The second kappa shape index (κ2) is 6.69. The Bertz CT molecular complexity index is 733. The van der Waals surface area contributed by atoms with Crippen LogP contribution >= 0.6 is 0 Å². The molecule has 1 aliphatic carbocycles. The Balaban J connectivity index is 1.89. The van der Waals surface area contributed by atoms with Gasteiger partial charge in [-0.15, -0.1) is 0 Å². The van der Waals surface area contributed by atoms with Crippen molar-refractivity contribution >= 4 is 15.9 Å². The van der Waals surface area contributed by atoms with E-state index in [2.05, 4.69) is 15.2 Å². The standard InChI is InChI=1S/C16H26N4O4S/c1-11-10-20(9-8-17-11)15(21)16(6-4-5-7-16)19-25(22,23)14-12(2)18-24-13(14)3/h11,17,19H,4-10H2,1-3H3. The second-order valence-electron chi connectivity index (χ2n) is 7.15. The van der Waals surface area contributed by atoms with Crippen LogP contribution in [0.5, 0.6) is 0 Å². The maximum Gasteiger partial charge on any atom is 0.246 e. The summed E-state index contributed by atoms with van der Waals surface area (Å²) in [7, 11) is -3.89. The van der Waals surface area contributed by atoms with E-state index in [4.69, 9.17) is 4.52 Å². The van der Waals surface area contributed by atoms with Gasteiger partial charge in [0.05, 0.1) is 0 Å². The van der Waals surface area contributed by atoms with Crippen LogP contribution in [0.1, 0.15) is 44.1 Å². The number of hydrogen-bond acceptors (Lipinski definition) is 6. The van der Waals surface area contributed by atoms with Crippen LogP contribution in [0.3, 0.4) is 0 Å². The molecule has 9 heteroatoms. The molecule has 1 aromatic rings. The molecule has 1 aromatic heterocycles. The van der Waals surface area contributed by atoms with Gasteiger partial charge in [0.1, 0.15) is 16.1 Å². The van der Waals surface area contributed by atoms with Gasteiger partial charge in [-0.1, -0.05) is 18.0 Å². The number of sulfonamides is 1. The predicted octanol–water partition coefficient (Wildman–Crippen LogP) is 0.703. The molecule has 0 aromatic carbocycles. The van der Waals surface area contributed by atoms with Crippen LogP contribution in [-0.4, -0.2) is 55.6 Å². The first-order valence-electron chi connectivity index (χ1n) is 8.75. The fraction of sp³-hybridized carbons (Fsp3) is 0.750. The molecule has 1 saturated carbocycles. The lowest BCUT2D eigenvalue weighted by molar-refractivity contribution is -0.138. The number of amides is 1. The summed E-state index contributed by atoms with van der Waals surface area (Å²) in [6, 6.07) is 0.204. The van der Waals surface area contributed by atoms with Crippen molar-refractivity contribution in [2.75, 3.05) is 19.6 Å². The smallest absolute Gasteiger partial charge is 0.246 e. The zero-order valence-corrected chi connectivity index (χ0v) is 15.8. The van der Waals surface area contributed by atoms with E-state index in [1.807, 2.05) is 6.92 Å². The average molecular weight is 370 g/mol. The summed E-state index contributed by atoms with van der Waals surface area (Å²) in [5.41, 5.74) is -0.757. The van der Waals surface area contributed by atoms with Gasteiger partial charge in [-0.25, -0.2) is 8.42 Å². The van der Waals surface area contributed by atoms with Crippen molar-refractivity contribution < 1.29 is 17.7 Å². The topological polar surface area (TPSA) is 105 Å². The maximum absolute atomic E-state index is 13.2. The minimum Gasteiger partial charge on any atom is -0.360 e. The van der Waals surface area contributed by atoms with Crippen molar-refractivity contribution in [1.82, 2.24) is 20.1 Å². The van der Waals surface area contributed by atoms with Crippen LogP contribution in [0.15, 0.2) is 9.42 Å². The number of carbonyl (C=O) groups excluding carboxylic acids is 1. The van der Waals surface area contributed by atoms with Crippen LogP contribution < -0.4 is 10.0 Å². The van der Waals surface area contributed by atoms with Crippen LogP contribution in [0.4, 0.5) is 0 Å². The number of aryl methyl sites for hydroxylation is 2. The zero-order valence-electron chi connectivity index (χ0n) is 15.0. The van der Waals surface area contributed by atoms with Gasteiger partial charge in [-0.3, -0.25) is 4.79 Å². The molecule has 0 spiro atoms. The normalized spacial score (nSPS) is 23.8. The molecule has 25 heavy (non-hydrogen) atoms. The second-order valence-corrected chi connectivity index (χ2v) is 8.77. The Kier molecular flexibility index (Phi) is 4.91. The number of piperazine rings is 1. The van der Waals surface area contributed by atoms with Crippen molar-refractivity contribution in [2.45, 2.75) is 62.9 Å². The van der Waals surface area contributed by atoms with Crippen molar-refractivity contribution in [3.8, 4) is 0 Å². The van der Waals surface area contributed by atoms with Crippen LogP contribution in [0, 0.1) is 13.8 Å². The molecule has 0 bridgehead atoms. The first-order chi connectivity index (χ1) is 11.8. The summed E-state index contributed by atoms with van der Waals surface area (Å²) < 4.78 is 33.6. The Labute approximate surface area is 148 Å². The van der Waals surface area contributed by atoms with E-state index in [-0.39, 0.29) is 22.6 Å². The largest absolute Gasteiger partial charge is 0.360 e. The number of hydrogen-bond donors (Lipinski definition) is 2. The molecule has 140 valence electrons. The summed E-state index contributed by atoms with van der Waals surface area (Å²) in [6.07, 6.45) is 2.70. The van der Waals surface area contributed by atoms with Crippen LogP contribution in [0.2, 0.25) is 0 Å². The number of rotatable bonds is 4. The fourth-order valence-corrected chi connectivity index (χ4v) is 5.67. The molecule has 2 fully saturated rings. The van der Waals surface area contributed by atoms with E-state index < -0.39 is 15.6 Å². The average Bonchev–Trinajstić information content (AvgIpc) is 3.14. The molecule has 1 atom stereocenters. The summed E-state index contributed by atoms with van der Waals surface area (Å²) in [5, 5.41) is 7.03. The highest BCUT2D eigenvalue weighted by Gasteiger charge is 2.47. The van der Waals surface area contributed by atoms with Gasteiger partial charge in [0.2, 0.25) is 15.9 Å². The van der Waals surface area contributed by atoms with Gasteiger partial charge >= 0.3 is 0 Å². The summed E-state index contributed by atoms with van der Waals surface area (Å²) in [5.74, 6) is 0.120. The van der Waals surface area contributed by atoms with Gasteiger partial charge in [0.25, 0.3) is 0 Å². The lowest BCUT2D eigenvalue weighted by atomic mass is 9.96. The number of aromatic nitrogens is 1. The van der Waals surface area contributed by atoms with Gasteiger partial charge in [-0.05, 0) is 33.6 Å². The highest BCUT2D eigenvalue weighted by molar-refractivity contribution is 7.89. The molecule has 2 heterocycles. The van der Waals surface area contributed by atoms with Gasteiger partial charge < -0.3 is 14.7 Å². The SMILES string of the molecule is Cc1noc(C)c1S(=O)(=O)NC1(C(=O)N2CCNC(C)C2)CCCC1. The van der Waals surface area contributed by atoms with E-state index in [1.54, 1.807) is 18.7 Å². The predicted molar refractivity (Wildman–Crippen MR) is 91.5 cm³/mol. The fourth-order valence-electron chi connectivity index (χ4n) is 3.92. The molecule has 2 N–H and O–H groups in total. The number of nitrogens with zero attached hydrogens (tertiary/aromatic N) is 2. The minimum absolute atomic E-state index is 0.0419. The van der Waals surface area contributed by atoms with Crippen molar-refractivity contribution in [3.05, 3.63) is 11.5 Å². The maximum atomic E-state index is 13.2. The van der Waals surface area contributed by atoms with Gasteiger partial charge in [0, 0.05) is 25.7 Å². The summed E-state index contributed by atoms with van der Waals surface area (Å²) >= 11 is 0. The Morgan fingerprint density at radius 3 is 2.60 bits per heavy atom. The number of carbonyl (C=O) groups is 1. The Morgan fingerprint density at radius 1 is 1.36 bits per heavy atom. The lowest BCUT2D eigenvalue weighted by Crippen LogP contribution is -2.62. The van der Waals surface area contributed by atoms with E-state index in [1.165, 1.54) is 0 Å². The first-order valence-corrected chi connectivity index (χ1v) is 10.2. The molecule has 1 aliphatic heterocycles. The van der Waals surface area contributed by atoms with Crippen LogP contribution in [-0.2, 0) is 14.8 Å². The third-order valence-electron chi connectivity index (χ3n) is 5.09. The van der Waals surface area contributed by atoms with E-state index in [9.17, 15) is 13.2 Å². The monoisotopic (exact) mass is 370 g/mol. The third-order valence-corrected chi connectivity index (χ3v) is 6.87. The highest BCUT2D eigenvalue weighted by Crippen LogP contribution is 2.34. The summed E-state index contributed by atoms with van der Waals surface area (Å²) in [6.45, 7) is 7.09. The molecule has 1 unspecified atom stereocenters. The van der Waals surface area contributed by atoms with E-state index >= 15 is 0 Å². The van der Waals surface area contributed by atoms with E-state index in [0.29, 0.717) is 31.6 Å². The van der Waals surface area contributed by atoms with Crippen LogP contribution in [0.25, 0.3) is 0 Å².